The summed E-state index contributed by atoms with van der Waals surface area (Å²) in [5, 5.41) is 3.08. The Bertz CT molecular complexity index is 714. The van der Waals surface area contributed by atoms with Gasteiger partial charge in [0.1, 0.15) is 11.6 Å². The zero-order valence-electron chi connectivity index (χ0n) is 12.1. The van der Waals surface area contributed by atoms with E-state index in [-0.39, 0.29) is 17.8 Å². The molecular formula is C16H18FN3O2. The maximum atomic E-state index is 13.1. The number of carbonyl (C=O) groups is 1. The van der Waals surface area contributed by atoms with Gasteiger partial charge in [-0.25, -0.2) is 9.37 Å². The van der Waals surface area contributed by atoms with Crippen LogP contribution in [0, 0.1) is 11.7 Å². The Kier molecular flexibility index (Phi) is 3.33. The number of benzene rings is 1. The summed E-state index contributed by atoms with van der Waals surface area (Å²) < 4.78 is 18.7. The number of ether oxygens (including phenoxy) is 1. The molecule has 0 spiro atoms. The summed E-state index contributed by atoms with van der Waals surface area (Å²) in [7, 11) is 0. The quantitative estimate of drug-likeness (QED) is 0.907. The second-order valence-electron chi connectivity index (χ2n) is 6.12. The average Bonchev–Trinajstić information content (AvgIpc) is 3.05. The number of hydrogen-bond donors (Lipinski definition) is 2. The van der Waals surface area contributed by atoms with E-state index < -0.39 is 0 Å². The second-order valence-corrected chi connectivity index (χ2v) is 6.12. The number of nitrogens with zero attached hydrogens (tertiary/aromatic N) is 1. The van der Waals surface area contributed by atoms with Crippen molar-refractivity contribution >= 4 is 16.9 Å². The van der Waals surface area contributed by atoms with Gasteiger partial charge in [0, 0.05) is 31.4 Å². The molecule has 2 N–H and O–H groups in total. The molecule has 1 aromatic heterocycles. The van der Waals surface area contributed by atoms with Crippen molar-refractivity contribution in [3.05, 3.63) is 29.8 Å². The van der Waals surface area contributed by atoms with Crippen LogP contribution in [-0.2, 0) is 16.0 Å². The molecule has 22 heavy (non-hydrogen) atoms. The molecule has 1 aliphatic carbocycles. The van der Waals surface area contributed by atoms with Gasteiger partial charge >= 0.3 is 0 Å². The van der Waals surface area contributed by atoms with Crippen LogP contribution in [0.1, 0.15) is 25.1 Å². The van der Waals surface area contributed by atoms with Crippen LogP contribution in [-0.4, -0.2) is 34.6 Å². The molecule has 0 bridgehead atoms. The number of carbonyl (C=O) groups excluding carboxylic acids is 1. The van der Waals surface area contributed by atoms with E-state index in [1.807, 2.05) is 0 Å². The minimum Gasteiger partial charge on any atom is -0.378 e. The SMILES string of the molecule is O=C(CCc1nc2ccc(F)cc2[nH]1)N[C@@H]1C[C@H]2OCC[C@@H]12. The Morgan fingerprint density at radius 3 is 3.27 bits per heavy atom. The molecule has 2 heterocycles. The zero-order chi connectivity index (χ0) is 15.1. The van der Waals surface area contributed by atoms with Gasteiger partial charge in [0.15, 0.2) is 0 Å². The number of aromatic nitrogens is 2. The summed E-state index contributed by atoms with van der Waals surface area (Å²) in [5.74, 6) is 0.963. The lowest BCUT2D eigenvalue weighted by molar-refractivity contribution is -0.124. The second kappa shape index (κ2) is 5.35. The minimum absolute atomic E-state index is 0.0435. The van der Waals surface area contributed by atoms with Crippen LogP contribution in [0.5, 0.6) is 0 Å². The summed E-state index contributed by atoms with van der Waals surface area (Å²) in [5.41, 5.74) is 1.39. The number of amides is 1. The molecule has 2 aromatic rings. The molecule has 3 atom stereocenters. The van der Waals surface area contributed by atoms with Crippen LogP contribution >= 0.6 is 0 Å². The van der Waals surface area contributed by atoms with E-state index in [0.717, 1.165) is 25.0 Å². The lowest BCUT2D eigenvalue weighted by Crippen LogP contribution is -2.53. The summed E-state index contributed by atoms with van der Waals surface area (Å²) >= 11 is 0. The first kappa shape index (κ1) is 13.7. The van der Waals surface area contributed by atoms with E-state index in [2.05, 4.69) is 15.3 Å². The molecule has 2 aliphatic rings. The highest BCUT2D eigenvalue weighted by Crippen LogP contribution is 2.38. The van der Waals surface area contributed by atoms with Gasteiger partial charge < -0.3 is 15.0 Å². The van der Waals surface area contributed by atoms with E-state index in [0.29, 0.717) is 36.2 Å². The van der Waals surface area contributed by atoms with Crippen LogP contribution < -0.4 is 5.32 Å². The number of halogens is 1. The van der Waals surface area contributed by atoms with Crippen LogP contribution in [0.4, 0.5) is 4.39 Å². The number of fused-ring (bicyclic) bond motifs is 2. The van der Waals surface area contributed by atoms with Crippen LogP contribution in [0.25, 0.3) is 11.0 Å². The Morgan fingerprint density at radius 2 is 2.41 bits per heavy atom. The van der Waals surface area contributed by atoms with Crippen molar-refractivity contribution in [2.24, 2.45) is 5.92 Å². The molecule has 0 unspecified atom stereocenters. The molecular weight excluding hydrogens is 285 g/mol. The fourth-order valence-electron chi connectivity index (χ4n) is 3.43. The van der Waals surface area contributed by atoms with E-state index in [1.54, 1.807) is 6.07 Å². The first-order valence-electron chi connectivity index (χ1n) is 7.74. The Hall–Kier alpha value is -1.95. The predicted octanol–water partition coefficient (Wildman–Crippen LogP) is 1.93. The molecule has 1 amide bonds. The van der Waals surface area contributed by atoms with Crippen molar-refractivity contribution in [2.75, 3.05) is 6.61 Å². The third-order valence-electron chi connectivity index (χ3n) is 4.69. The first-order chi connectivity index (χ1) is 10.7. The van der Waals surface area contributed by atoms with Crippen molar-refractivity contribution in [1.82, 2.24) is 15.3 Å². The van der Waals surface area contributed by atoms with Gasteiger partial charge in [0.25, 0.3) is 0 Å². The topological polar surface area (TPSA) is 67.0 Å². The van der Waals surface area contributed by atoms with Crippen LogP contribution in [0.2, 0.25) is 0 Å². The number of rotatable bonds is 4. The monoisotopic (exact) mass is 303 g/mol. The largest absolute Gasteiger partial charge is 0.378 e. The normalized spacial score (nSPS) is 26.7. The summed E-state index contributed by atoms with van der Waals surface area (Å²) in [6.07, 6.45) is 3.25. The lowest BCUT2D eigenvalue weighted by Gasteiger charge is -2.39. The van der Waals surface area contributed by atoms with Gasteiger partial charge in [-0.3, -0.25) is 4.79 Å². The third-order valence-corrected chi connectivity index (χ3v) is 4.69. The number of aromatic amines is 1. The van der Waals surface area contributed by atoms with E-state index >= 15 is 0 Å². The molecule has 5 nitrogen and oxygen atoms in total. The van der Waals surface area contributed by atoms with Gasteiger partial charge in [0.2, 0.25) is 5.91 Å². The number of H-pyrrole nitrogens is 1. The van der Waals surface area contributed by atoms with Gasteiger partial charge in [-0.1, -0.05) is 0 Å². The molecule has 0 radical (unpaired) electrons. The molecule has 1 aromatic carbocycles. The van der Waals surface area contributed by atoms with Crippen molar-refractivity contribution in [3.8, 4) is 0 Å². The molecule has 1 saturated carbocycles. The lowest BCUT2D eigenvalue weighted by atomic mass is 9.76. The zero-order valence-corrected chi connectivity index (χ0v) is 12.1. The van der Waals surface area contributed by atoms with Crippen molar-refractivity contribution in [2.45, 2.75) is 37.8 Å². The fraction of sp³-hybridized carbons (Fsp3) is 0.500. The minimum atomic E-state index is -0.293. The first-order valence-corrected chi connectivity index (χ1v) is 7.74. The van der Waals surface area contributed by atoms with Gasteiger partial charge in [0.05, 0.1) is 17.1 Å². The van der Waals surface area contributed by atoms with Crippen LogP contribution in [0.3, 0.4) is 0 Å². The van der Waals surface area contributed by atoms with Crippen molar-refractivity contribution < 1.29 is 13.9 Å². The highest BCUT2D eigenvalue weighted by atomic mass is 19.1. The molecule has 4 rings (SSSR count). The maximum absolute atomic E-state index is 13.1. The van der Waals surface area contributed by atoms with E-state index in [4.69, 9.17) is 4.74 Å². The average molecular weight is 303 g/mol. The van der Waals surface area contributed by atoms with Crippen molar-refractivity contribution in [3.63, 3.8) is 0 Å². The molecule has 2 fully saturated rings. The van der Waals surface area contributed by atoms with E-state index in [9.17, 15) is 9.18 Å². The van der Waals surface area contributed by atoms with E-state index in [1.165, 1.54) is 12.1 Å². The molecule has 1 aliphatic heterocycles. The smallest absolute Gasteiger partial charge is 0.220 e. The summed E-state index contributed by atoms with van der Waals surface area (Å²) in [4.78, 5) is 19.5. The Morgan fingerprint density at radius 1 is 1.50 bits per heavy atom. The summed E-state index contributed by atoms with van der Waals surface area (Å²) in [6.45, 7) is 0.817. The third kappa shape index (κ3) is 2.47. The molecule has 6 heteroatoms. The van der Waals surface area contributed by atoms with Crippen molar-refractivity contribution in [1.29, 1.82) is 0 Å². The summed E-state index contributed by atoms with van der Waals surface area (Å²) in [6, 6.07) is 4.71. The number of aryl methyl sites for hydroxylation is 1. The standard InChI is InChI=1S/C16H18FN3O2/c17-9-1-2-11-13(7-9)19-15(18-11)3-4-16(21)20-12-8-14-10(12)5-6-22-14/h1-2,7,10,12,14H,3-6,8H2,(H,18,19)(H,20,21)/t10-,12+,14+/m0/s1. The highest BCUT2D eigenvalue weighted by Gasteiger charge is 2.45. The number of imidazole rings is 1. The fourth-order valence-corrected chi connectivity index (χ4v) is 3.43. The van der Waals surface area contributed by atoms with Gasteiger partial charge in [-0.2, -0.15) is 0 Å². The Labute approximate surface area is 127 Å². The number of hydrogen-bond acceptors (Lipinski definition) is 3. The maximum Gasteiger partial charge on any atom is 0.220 e. The predicted molar refractivity (Wildman–Crippen MR) is 78.8 cm³/mol. The number of nitrogens with one attached hydrogen (secondary N) is 2. The van der Waals surface area contributed by atoms with Gasteiger partial charge in [-0.15, -0.1) is 0 Å². The van der Waals surface area contributed by atoms with Crippen LogP contribution in [0.15, 0.2) is 18.2 Å². The molecule has 116 valence electrons. The molecule has 1 saturated heterocycles. The Balaban J connectivity index is 1.32. The van der Waals surface area contributed by atoms with Gasteiger partial charge in [-0.05, 0) is 31.0 Å². The highest BCUT2D eigenvalue weighted by molar-refractivity contribution is 5.77.